The summed E-state index contributed by atoms with van der Waals surface area (Å²) >= 11 is 0. The van der Waals surface area contributed by atoms with Gasteiger partial charge < -0.3 is 19.8 Å². The van der Waals surface area contributed by atoms with Gasteiger partial charge in [-0.05, 0) is 37.8 Å². The van der Waals surface area contributed by atoms with Crippen molar-refractivity contribution in [3.63, 3.8) is 0 Å². The molecular weight excluding hydrogens is 264 g/mol. The van der Waals surface area contributed by atoms with E-state index in [0.29, 0.717) is 0 Å². The highest BCUT2D eigenvalue weighted by molar-refractivity contribution is 5.50. The van der Waals surface area contributed by atoms with Gasteiger partial charge in [-0.25, -0.2) is 0 Å². The Labute approximate surface area is 125 Å². The van der Waals surface area contributed by atoms with Crippen LogP contribution in [0.25, 0.3) is 5.69 Å². The molecule has 0 aliphatic heterocycles. The van der Waals surface area contributed by atoms with Crippen LogP contribution in [0, 0.1) is 6.92 Å². The van der Waals surface area contributed by atoms with Crippen molar-refractivity contribution in [1.29, 1.82) is 0 Å². The van der Waals surface area contributed by atoms with Gasteiger partial charge in [-0.15, -0.1) is 0 Å². The van der Waals surface area contributed by atoms with Crippen molar-refractivity contribution in [2.75, 3.05) is 14.2 Å². The maximum atomic E-state index is 6.26. The van der Waals surface area contributed by atoms with E-state index in [1.54, 1.807) is 14.2 Å². The number of aromatic nitrogens is 1. The second-order valence-corrected chi connectivity index (χ2v) is 5.59. The summed E-state index contributed by atoms with van der Waals surface area (Å²) in [5.41, 5.74) is 11.1. The molecule has 3 rings (SSSR count). The van der Waals surface area contributed by atoms with Gasteiger partial charge in [0, 0.05) is 35.6 Å². The van der Waals surface area contributed by atoms with Crippen LogP contribution in [-0.2, 0) is 6.42 Å². The molecule has 1 aromatic heterocycles. The molecule has 2 aromatic rings. The Kier molecular flexibility index (Phi) is 3.64. The largest absolute Gasteiger partial charge is 0.497 e. The molecule has 1 aliphatic carbocycles. The summed E-state index contributed by atoms with van der Waals surface area (Å²) in [6.45, 7) is 2.12. The summed E-state index contributed by atoms with van der Waals surface area (Å²) < 4.78 is 13.0. The molecule has 112 valence electrons. The number of hydrogen-bond donors (Lipinski definition) is 1. The molecule has 4 heteroatoms. The molecule has 2 N–H and O–H groups in total. The number of nitrogens with zero attached hydrogens (tertiary/aromatic N) is 1. The van der Waals surface area contributed by atoms with E-state index in [9.17, 15) is 0 Å². The fraction of sp³-hybridized carbons (Fsp3) is 0.412. The second-order valence-electron chi connectivity index (χ2n) is 5.59. The second kappa shape index (κ2) is 5.45. The third-order valence-corrected chi connectivity index (χ3v) is 4.24. The van der Waals surface area contributed by atoms with E-state index in [0.717, 1.165) is 36.4 Å². The van der Waals surface area contributed by atoms with Crippen molar-refractivity contribution >= 4 is 0 Å². The number of methoxy groups -OCH3 is 2. The molecule has 0 amide bonds. The molecule has 1 aliphatic rings. The highest BCUT2D eigenvalue weighted by Gasteiger charge is 2.23. The van der Waals surface area contributed by atoms with E-state index in [-0.39, 0.29) is 6.04 Å². The minimum Gasteiger partial charge on any atom is -0.497 e. The first-order valence-corrected chi connectivity index (χ1v) is 7.34. The maximum Gasteiger partial charge on any atom is 0.124 e. The quantitative estimate of drug-likeness (QED) is 0.943. The van der Waals surface area contributed by atoms with Crippen molar-refractivity contribution in [2.45, 2.75) is 32.2 Å². The highest BCUT2D eigenvalue weighted by atomic mass is 16.5. The zero-order chi connectivity index (χ0) is 15.0. The summed E-state index contributed by atoms with van der Waals surface area (Å²) in [6.07, 6.45) is 3.27. The predicted molar refractivity (Wildman–Crippen MR) is 83.5 cm³/mol. The Morgan fingerprint density at radius 3 is 2.38 bits per heavy atom. The maximum absolute atomic E-state index is 6.26. The molecule has 0 saturated heterocycles. The minimum atomic E-state index is 0.154. The molecule has 1 aromatic carbocycles. The Morgan fingerprint density at radius 2 is 1.76 bits per heavy atom. The van der Waals surface area contributed by atoms with Crippen molar-refractivity contribution in [3.05, 3.63) is 41.2 Å². The Morgan fingerprint density at radius 1 is 1.10 bits per heavy atom. The molecule has 0 radical (unpaired) electrons. The van der Waals surface area contributed by atoms with E-state index in [2.05, 4.69) is 17.6 Å². The smallest absolute Gasteiger partial charge is 0.124 e. The van der Waals surface area contributed by atoms with Crippen molar-refractivity contribution in [1.82, 2.24) is 4.57 Å². The third-order valence-electron chi connectivity index (χ3n) is 4.24. The lowest BCUT2D eigenvalue weighted by Crippen LogP contribution is -2.18. The lowest BCUT2D eigenvalue weighted by atomic mass is 9.93. The predicted octanol–water partition coefficient (Wildman–Crippen LogP) is 3.14. The molecule has 0 bridgehead atoms. The summed E-state index contributed by atoms with van der Waals surface area (Å²) in [5.74, 6) is 1.60. The van der Waals surface area contributed by atoms with Gasteiger partial charge in [-0.1, -0.05) is 0 Å². The monoisotopic (exact) mass is 286 g/mol. The van der Waals surface area contributed by atoms with Crippen LogP contribution in [-0.4, -0.2) is 18.8 Å². The van der Waals surface area contributed by atoms with Crippen molar-refractivity contribution in [3.8, 4) is 17.2 Å². The van der Waals surface area contributed by atoms with Gasteiger partial charge in [0.05, 0.1) is 19.9 Å². The summed E-state index contributed by atoms with van der Waals surface area (Å²) in [7, 11) is 3.35. The average Bonchev–Trinajstić information content (AvgIpc) is 2.84. The number of rotatable bonds is 3. The Hall–Kier alpha value is -1.94. The Bertz CT molecular complexity index is 639. The number of benzene rings is 1. The number of fused-ring (bicyclic) bond motifs is 1. The van der Waals surface area contributed by atoms with Gasteiger partial charge >= 0.3 is 0 Å². The molecule has 21 heavy (non-hydrogen) atoms. The first kappa shape index (κ1) is 14.0. The van der Waals surface area contributed by atoms with E-state index >= 15 is 0 Å². The van der Waals surface area contributed by atoms with E-state index in [1.165, 1.54) is 17.0 Å². The number of aryl methyl sites for hydroxylation is 1. The first-order chi connectivity index (χ1) is 10.1. The molecule has 0 saturated carbocycles. The summed E-state index contributed by atoms with van der Waals surface area (Å²) in [6, 6.07) is 8.33. The highest BCUT2D eigenvalue weighted by Crippen LogP contribution is 2.34. The van der Waals surface area contributed by atoms with Crippen LogP contribution in [0.15, 0.2) is 24.3 Å². The number of hydrogen-bond acceptors (Lipinski definition) is 3. The van der Waals surface area contributed by atoms with Gasteiger partial charge in [-0.2, -0.15) is 0 Å². The standard InChI is InChI=1S/C17H22N2O2/c1-11-7-15-16(18)5-4-6-17(15)19(11)12-8-13(20-2)10-14(9-12)21-3/h7-10,16H,4-6,18H2,1-3H3. The van der Waals surface area contributed by atoms with Crippen molar-refractivity contribution < 1.29 is 9.47 Å². The van der Waals surface area contributed by atoms with Crippen LogP contribution in [0.1, 0.15) is 35.8 Å². The lowest BCUT2D eigenvalue weighted by Gasteiger charge is -2.21. The topological polar surface area (TPSA) is 49.4 Å². The fourth-order valence-electron chi connectivity index (χ4n) is 3.22. The van der Waals surface area contributed by atoms with Crippen LogP contribution in [0.3, 0.4) is 0 Å². The van der Waals surface area contributed by atoms with Crippen LogP contribution < -0.4 is 15.2 Å². The molecule has 1 atom stereocenters. The third kappa shape index (κ3) is 2.40. The van der Waals surface area contributed by atoms with Crippen molar-refractivity contribution in [2.24, 2.45) is 5.73 Å². The first-order valence-electron chi connectivity index (χ1n) is 7.34. The normalized spacial score (nSPS) is 17.4. The summed E-state index contributed by atoms with van der Waals surface area (Å²) in [4.78, 5) is 0. The zero-order valence-corrected chi connectivity index (χ0v) is 12.8. The van der Waals surface area contributed by atoms with Crippen LogP contribution in [0.2, 0.25) is 0 Å². The van der Waals surface area contributed by atoms with Gasteiger partial charge in [0.15, 0.2) is 0 Å². The molecule has 1 unspecified atom stereocenters. The van der Waals surface area contributed by atoms with Gasteiger partial charge in [-0.3, -0.25) is 0 Å². The van der Waals surface area contributed by atoms with E-state index in [1.807, 2.05) is 18.2 Å². The zero-order valence-electron chi connectivity index (χ0n) is 12.8. The number of ether oxygens (including phenoxy) is 2. The van der Waals surface area contributed by atoms with Gasteiger partial charge in [0.1, 0.15) is 11.5 Å². The molecular formula is C17H22N2O2. The fourth-order valence-corrected chi connectivity index (χ4v) is 3.22. The SMILES string of the molecule is COc1cc(OC)cc(-n2c(C)cc3c2CCCC3N)c1. The molecule has 0 spiro atoms. The number of nitrogens with two attached hydrogens (primary N) is 1. The van der Waals surface area contributed by atoms with E-state index in [4.69, 9.17) is 15.2 Å². The van der Waals surface area contributed by atoms with Gasteiger partial charge in [0.2, 0.25) is 0 Å². The van der Waals surface area contributed by atoms with Crippen LogP contribution in [0.4, 0.5) is 0 Å². The average molecular weight is 286 g/mol. The molecule has 1 heterocycles. The Balaban J connectivity index is 2.17. The molecule has 0 fully saturated rings. The lowest BCUT2D eigenvalue weighted by molar-refractivity contribution is 0.394. The summed E-state index contributed by atoms with van der Waals surface area (Å²) in [5, 5.41) is 0. The minimum absolute atomic E-state index is 0.154. The van der Waals surface area contributed by atoms with Crippen LogP contribution in [0.5, 0.6) is 11.5 Å². The van der Waals surface area contributed by atoms with Gasteiger partial charge in [0.25, 0.3) is 0 Å². The van der Waals surface area contributed by atoms with Crippen LogP contribution >= 0.6 is 0 Å². The molecule has 4 nitrogen and oxygen atoms in total. The van der Waals surface area contributed by atoms with E-state index < -0.39 is 0 Å².